The second-order valence-electron chi connectivity index (χ2n) is 6.68. The monoisotopic (exact) mass is 355 g/mol. The van der Waals surface area contributed by atoms with E-state index < -0.39 is 0 Å². The fourth-order valence-electron chi connectivity index (χ4n) is 3.27. The van der Waals surface area contributed by atoms with Crippen molar-refractivity contribution < 1.29 is 9.59 Å². The summed E-state index contributed by atoms with van der Waals surface area (Å²) in [5.74, 6) is 0.0686. The highest BCUT2D eigenvalue weighted by Gasteiger charge is 2.28. The number of pyridine rings is 1. The molecule has 7 nitrogen and oxygen atoms in total. The number of hydrogen-bond donors (Lipinski definition) is 1. The van der Waals surface area contributed by atoms with Gasteiger partial charge in [0.05, 0.1) is 6.33 Å². The molecule has 1 fully saturated rings. The van der Waals surface area contributed by atoms with Crippen LogP contribution in [-0.4, -0.2) is 50.4 Å². The zero-order chi connectivity index (χ0) is 18.4. The quantitative estimate of drug-likeness (QED) is 0.856. The molecule has 1 aliphatic rings. The Labute approximate surface area is 153 Å². The SMILES string of the molecule is CC[C@H](Cn1ccnc1)NC(=O)C1CCN(C(=O)c2ccncc2)CC1. The third-order valence-electron chi connectivity index (χ3n) is 4.91. The van der Waals surface area contributed by atoms with Gasteiger partial charge < -0.3 is 14.8 Å². The van der Waals surface area contributed by atoms with E-state index in [9.17, 15) is 9.59 Å². The second kappa shape index (κ2) is 8.60. The summed E-state index contributed by atoms with van der Waals surface area (Å²) in [6.07, 6.45) is 10.9. The zero-order valence-electron chi connectivity index (χ0n) is 15.0. The lowest BCUT2D eigenvalue weighted by Crippen LogP contribution is -2.46. The van der Waals surface area contributed by atoms with Crippen molar-refractivity contribution in [3.8, 4) is 0 Å². The molecule has 0 bridgehead atoms. The first-order valence-corrected chi connectivity index (χ1v) is 9.12. The Balaban J connectivity index is 1.49. The molecule has 1 saturated heterocycles. The number of rotatable bonds is 6. The number of hydrogen-bond acceptors (Lipinski definition) is 4. The van der Waals surface area contributed by atoms with E-state index in [-0.39, 0.29) is 23.8 Å². The van der Waals surface area contributed by atoms with Gasteiger partial charge in [0.1, 0.15) is 0 Å². The zero-order valence-corrected chi connectivity index (χ0v) is 15.0. The van der Waals surface area contributed by atoms with Gasteiger partial charge in [0.2, 0.25) is 5.91 Å². The number of carbonyl (C=O) groups excluding carboxylic acids is 2. The summed E-state index contributed by atoms with van der Waals surface area (Å²) in [7, 11) is 0. The van der Waals surface area contributed by atoms with Gasteiger partial charge in [-0.25, -0.2) is 4.98 Å². The molecule has 2 aromatic rings. The summed E-state index contributed by atoms with van der Waals surface area (Å²) >= 11 is 0. The van der Waals surface area contributed by atoms with Crippen LogP contribution in [0.3, 0.4) is 0 Å². The van der Waals surface area contributed by atoms with E-state index in [0.717, 1.165) is 13.0 Å². The van der Waals surface area contributed by atoms with Crippen LogP contribution in [0.25, 0.3) is 0 Å². The molecule has 0 aliphatic carbocycles. The van der Waals surface area contributed by atoms with Crippen LogP contribution in [0.2, 0.25) is 0 Å². The molecule has 0 saturated carbocycles. The van der Waals surface area contributed by atoms with Crippen LogP contribution in [0, 0.1) is 5.92 Å². The summed E-state index contributed by atoms with van der Waals surface area (Å²) in [5, 5.41) is 3.15. The van der Waals surface area contributed by atoms with Crippen molar-refractivity contribution in [2.75, 3.05) is 13.1 Å². The minimum atomic E-state index is -0.0340. The van der Waals surface area contributed by atoms with E-state index in [1.165, 1.54) is 0 Å². The predicted octanol–water partition coefficient (Wildman–Crippen LogP) is 1.73. The lowest BCUT2D eigenvalue weighted by atomic mass is 9.95. The lowest BCUT2D eigenvalue weighted by Gasteiger charge is -2.32. The Morgan fingerprint density at radius 3 is 2.54 bits per heavy atom. The molecule has 1 aliphatic heterocycles. The van der Waals surface area contributed by atoms with Gasteiger partial charge in [-0.2, -0.15) is 0 Å². The first kappa shape index (κ1) is 18.1. The predicted molar refractivity (Wildman–Crippen MR) is 97.3 cm³/mol. The summed E-state index contributed by atoms with van der Waals surface area (Å²) in [4.78, 5) is 34.9. The first-order valence-electron chi connectivity index (χ1n) is 9.12. The standard InChI is InChI=1S/C19H25N5O2/c1-2-17(13-23-12-9-21-14-23)22-18(25)15-5-10-24(11-6-15)19(26)16-3-7-20-8-4-16/h3-4,7-9,12,14-15,17H,2,5-6,10-11,13H2,1H3,(H,22,25)/t17-/m1/s1. The Hall–Kier alpha value is -2.70. The summed E-state index contributed by atoms with van der Waals surface area (Å²) in [6, 6.07) is 3.54. The van der Waals surface area contributed by atoms with Crippen LogP contribution in [0.15, 0.2) is 43.2 Å². The average molecular weight is 355 g/mol. The van der Waals surface area contributed by atoms with Crippen LogP contribution in [0.1, 0.15) is 36.5 Å². The molecular weight excluding hydrogens is 330 g/mol. The minimum Gasteiger partial charge on any atom is -0.351 e. The Kier molecular flexibility index (Phi) is 5.99. The number of imidazole rings is 1. The second-order valence-corrected chi connectivity index (χ2v) is 6.68. The number of aromatic nitrogens is 3. The van der Waals surface area contributed by atoms with Crippen LogP contribution in [-0.2, 0) is 11.3 Å². The highest BCUT2D eigenvalue weighted by molar-refractivity contribution is 5.94. The number of piperidine rings is 1. The van der Waals surface area contributed by atoms with Gasteiger partial charge in [-0.05, 0) is 31.4 Å². The van der Waals surface area contributed by atoms with Crippen LogP contribution in [0.4, 0.5) is 0 Å². The molecule has 7 heteroatoms. The van der Waals surface area contributed by atoms with Crippen LogP contribution in [0.5, 0.6) is 0 Å². The largest absolute Gasteiger partial charge is 0.351 e. The number of nitrogens with zero attached hydrogens (tertiary/aromatic N) is 4. The normalized spacial score (nSPS) is 16.3. The minimum absolute atomic E-state index is 0.0119. The molecule has 2 amide bonds. The number of nitrogens with one attached hydrogen (secondary N) is 1. The van der Waals surface area contributed by atoms with Gasteiger partial charge in [-0.3, -0.25) is 14.6 Å². The van der Waals surface area contributed by atoms with E-state index in [0.29, 0.717) is 31.5 Å². The molecule has 26 heavy (non-hydrogen) atoms. The van der Waals surface area contributed by atoms with Crippen molar-refractivity contribution >= 4 is 11.8 Å². The lowest BCUT2D eigenvalue weighted by molar-refractivity contribution is -0.127. The summed E-state index contributed by atoms with van der Waals surface area (Å²) < 4.78 is 1.98. The van der Waals surface area contributed by atoms with Crippen LogP contribution < -0.4 is 5.32 Å². The Morgan fingerprint density at radius 1 is 1.19 bits per heavy atom. The van der Waals surface area contributed by atoms with Crippen molar-refractivity contribution in [3.05, 3.63) is 48.8 Å². The molecule has 0 spiro atoms. The molecule has 138 valence electrons. The van der Waals surface area contributed by atoms with Crippen molar-refractivity contribution in [2.24, 2.45) is 5.92 Å². The topological polar surface area (TPSA) is 80.1 Å². The maximum absolute atomic E-state index is 12.6. The molecule has 1 atom stereocenters. The van der Waals surface area contributed by atoms with Gasteiger partial charge in [0.15, 0.2) is 0 Å². The summed E-state index contributed by atoms with van der Waals surface area (Å²) in [5.41, 5.74) is 0.647. The fourth-order valence-corrected chi connectivity index (χ4v) is 3.27. The fraction of sp³-hybridized carbons (Fsp3) is 0.474. The smallest absolute Gasteiger partial charge is 0.253 e. The van der Waals surface area contributed by atoms with Crippen molar-refractivity contribution in [2.45, 2.75) is 38.8 Å². The van der Waals surface area contributed by atoms with Gasteiger partial charge in [0.25, 0.3) is 5.91 Å². The number of amides is 2. The van der Waals surface area contributed by atoms with Gasteiger partial charge in [0, 0.05) is 61.9 Å². The van der Waals surface area contributed by atoms with E-state index in [2.05, 4.69) is 22.2 Å². The molecule has 3 heterocycles. The number of likely N-dealkylation sites (tertiary alicyclic amines) is 1. The molecule has 1 N–H and O–H groups in total. The molecule has 0 radical (unpaired) electrons. The van der Waals surface area contributed by atoms with E-state index >= 15 is 0 Å². The molecular formula is C19H25N5O2. The van der Waals surface area contributed by atoms with Crippen LogP contribution >= 0.6 is 0 Å². The molecule has 2 aromatic heterocycles. The van der Waals surface area contributed by atoms with Crippen molar-refractivity contribution in [1.29, 1.82) is 0 Å². The summed E-state index contributed by atoms with van der Waals surface area (Å²) in [6.45, 7) is 4.01. The van der Waals surface area contributed by atoms with E-state index in [4.69, 9.17) is 0 Å². The Bertz CT molecular complexity index is 709. The molecule has 3 rings (SSSR count). The molecule has 0 unspecified atom stereocenters. The highest BCUT2D eigenvalue weighted by Crippen LogP contribution is 2.19. The average Bonchev–Trinajstić information content (AvgIpc) is 3.20. The Morgan fingerprint density at radius 2 is 1.92 bits per heavy atom. The van der Waals surface area contributed by atoms with E-state index in [1.54, 1.807) is 37.1 Å². The highest BCUT2D eigenvalue weighted by atomic mass is 16.2. The third-order valence-corrected chi connectivity index (χ3v) is 4.91. The first-order chi connectivity index (χ1) is 12.7. The van der Waals surface area contributed by atoms with Gasteiger partial charge >= 0.3 is 0 Å². The molecule has 0 aromatic carbocycles. The maximum atomic E-state index is 12.6. The maximum Gasteiger partial charge on any atom is 0.253 e. The van der Waals surface area contributed by atoms with E-state index in [1.807, 2.05) is 15.7 Å². The van der Waals surface area contributed by atoms with Crippen molar-refractivity contribution in [1.82, 2.24) is 24.8 Å². The third kappa shape index (κ3) is 4.47. The number of carbonyl (C=O) groups is 2. The van der Waals surface area contributed by atoms with Gasteiger partial charge in [-0.15, -0.1) is 0 Å². The van der Waals surface area contributed by atoms with Crippen molar-refractivity contribution in [3.63, 3.8) is 0 Å². The van der Waals surface area contributed by atoms with Gasteiger partial charge in [-0.1, -0.05) is 6.92 Å².